The summed E-state index contributed by atoms with van der Waals surface area (Å²) in [6.07, 6.45) is 5.53. The molecule has 0 bridgehead atoms. The zero-order chi connectivity index (χ0) is 22.2. The molecule has 9 heteroatoms. The third-order valence-corrected chi connectivity index (χ3v) is 5.72. The maximum Gasteiger partial charge on any atom is 0.319 e. The van der Waals surface area contributed by atoms with E-state index in [9.17, 15) is 0 Å². The summed E-state index contributed by atoms with van der Waals surface area (Å²) in [6.45, 7) is 8.72. The maximum atomic E-state index is 6.03. The fourth-order valence-electron chi connectivity index (χ4n) is 3.90. The number of nitrogens with one attached hydrogen (secondary N) is 1. The summed E-state index contributed by atoms with van der Waals surface area (Å²) in [5.41, 5.74) is 12.2. The largest absolute Gasteiger partial charge is 0.462 e. The van der Waals surface area contributed by atoms with E-state index in [-0.39, 0.29) is 0 Å². The van der Waals surface area contributed by atoms with E-state index in [2.05, 4.69) is 30.3 Å². The number of benzene rings is 1. The summed E-state index contributed by atoms with van der Waals surface area (Å²) in [6, 6.07) is 8.09. The van der Waals surface area contributed by atoms with Crippen LogP contribution in [0.1, 0.15) is 30.5 Å². The molecule has 2 aromatic rings. The fraction of sp³-hybridized carbons (Fsp3) is 0.522. The Hall–Kier alpha value is -2.91. The van der Waals surface area contributed by atoms with Crippen molar-refractivity contribution in [1.82, 2.24) is 14.9 Å². The maximum absolute atomic E-state index is 6.03. The van der Waals surface area contributed by atoms with E-state index in [0.717, 1.165) is 49.8 Å². The number of nitrogen functional groups attached to an aromatic ring is 1. The second-order valence-corrected chi connectivity index (χ2v) is 8.24. The number of morpholine rings is 1. The number of aryl methyl sites for hydroxylation is 1. The Labute approximate surface area is 189 Å². The Balaban J connectivity index is 1.45. The highest BCUT2D eigenvalue weighted by atomic mass is 16.5. The first kappa shape index (κ1) is 22.3. The van der Waals surface area contributed by atoms with Gasteiger partial charge in [0.25, 0.3) is 0 Å². The van der Waals surface area contributed by atoms with Crippen LogP contribution in [-0.2, 0) is 4.74 Å². The van der Waals surface area contributed by atoms with Crippen molar-refractivity contribution in [2.24, 2.45) is 5.10 Å². The molecule has 2 aliphatic rings. The molecular weight excluding hydrogens is 406 g/mol. The van der Waals surface area contributed by atoms with Crippen molar-refractivity contribution in [2.75, 3.05) is 68.6 Å². The number of anilines is 3. The van der Waals surface area contributed by atoms with E-state index < -0.39 is 0 Å². The lowest BCUT2D eigenvalue weighted by molar-refractivity contribution is 0.122. The van der Waals surface area contributed by atoms with Crippen molar-refractivity contribution < 1.29 is 9.47 Å². The number of aromatic nitrogens is 2. The van der Waals surface area contributed by atoms with Gasteiger partial charge in [-0.25, -0.2) is 0 Å². The quantitative estimate of drug-likeness (QED) is 0.368. The van der Waals surface area contributed by atoms with E-state index in [1.165, 1.54) is 19.3 Å². The van der Waals surface area contributed by atoms with Gasteiger partial charge in [-0.2, -0.15) is 15.1 Å². The summed E-state index contributed by atoms with van der Waals surface area (Å²) in [5, 5.41) is 4.34. The van der Waals surface area contributed by atoms with Crippen LogP contribution in [0, 0.1) is 6.92 Å². The predicted molar refractivity (Wildman–Crippen MR) is 128 cm³/mol. The Kier molecular flexibility index (Phi) is 7.73. The number of likely N-dealkylation sites (tertiary alicyclic amines) is 1. The zero-order valence-corrected chi connectivity index (χ0v) is 18.8. The summed E-state index contributed by atoms with van der Waals surface area (Å²) in [4.78, 5) is 13.8. The number of piperidine rings is 1. The van der Waals surface area contributed by atoms with Gasteiger partial charge in [-0.1, -0.05) is 12.5 Å². The predicted octanol–water partition coefficient (Wildman–Crippen LogP) is 2.51. The molecule has 4 rings (SSSR count). The minimum atomic E-state index is 0.377. The van der Waals surface area contributed by atoms with Gasteiger partial charge < -0.3 is 20.1 Å². The zero-order valence-electron chi connectivity index (χ0n) is 18.8. The molecule has 0 unspecified atom stereocenters. The number of hydrogen-bond donors (Lipinski definition) is 2. The monoisotopic (exact) mass is 439 g/mol. The Morgan fingerprint density at radius 3 is 2.75 bits per heavy atom. The topological polar surface area (TPSA) is 101 Å². The van der Waals surface area contributed by atoms with Gasteiger partial charge >= 0.3 is 6.01 Å². The first-order chi connectivity index (χ1) is 15.7. The summed E-state index contributed by atoms with van der Waals surface area (Å²) in [5.74, 6) is 0.827. The number of hydrazone groups is 1. The third-order valence-electron chi connectivity index (χ3n) is 5.72. The minimum absolute atomic E-state index is 0.377. The molecule has 3 heterocycles. The van der Waals surface area contributed by atoms with Crippen LogP contribution in [0.2, 0.25) is 0 Å². The molecule has 172 valence electrons. The molecule has 2 aliphatic heterocycles. The average molecular weight is 440 g/mol. The van der Waals surface area contributed by atoms with Crippen LogP contribution in [-0.4, -0.2) is 73.6 Å². The summed E-state index contributed by atoms with van der Waals surface area (Å²) < 4.78 is 11.4. The van der Waals surface area contributed by atoms with Crippen molar-refractivity contribution in [1.29, 1.82) is 0 Å². The highest BCUT2D eigenvalue weighted by molar-refractivity contribution is 5.80. The molecule has 0 atom stereocenters. The lowest BCUT2D eigenvalue weighted by Crippen LogP contribution is -2.37. The second-order valence-electron chi connectivity index (χ2n) is 8.24. The van der Waals surface area contributed by atoms with Crippen LogP contribution < -0.4 is 20.8 Å². The number of nitrogens with zero attached hydrogens (tertiary/aromatic N) is 5. The number of rotatable bonds is 8. The van der Waals surface area contributed by atoms with Gasteiger partial charge in [-0.15, -0.1) is 0 Å². The average Bonchev–Trinajstić information content (AvgIpc) is 2.82. The standard InChI is InChI=1S/C23H33N7O2/c1-18-5-6-20(24)21(15-18)28-25-17-19-16-22(30-10-12-31-13-11-30)27-23(26-19)32-14-9-29-7-3-2-4-8-29/h5-6,15-17,28H,2-4,7-14,24H2,1H3/b25-17+. The molecule has 2 saturated heterocycles. The molecule has 3 N–H and O–H groups in total. The number of hydrogen-bond acceptors (Lipinski definition) is 9. The molecule has 0 saturated carbocycles. The van der Waals surface area contributed by atoms with Crippen LogP contribution in [0.25, 0.3) is 0 Å². The SMILES string of the molecule is Cc1ccc(N)c(N/N=C/c2cc(N3CCOCC3)nc(OCCN3CCCCC3)n2)c1. The number of ether oxygens (including phenoxy) is 2. The molecule has 1 aromatic heterocycles. The third kappa shape index (κ3) is 6.30. The van der Waals surface area contributed by atoms with Gasteiger partial charge in [0.05, 0.1) is 36.5 Å². The van der Waals surface area contributed by atoms with Gasteiger partial charge in [0.1, 0.15) is 12.4 Å². The minimum Gasteiger partial charge on any atom is -0.462 e. The normalized spacial score (nSPS) is 17.6. The molecular formula is C23H33N7O2. The lowest BCUT2D eigenvalue weighted by Gasteiger charge is -2.28. The Morgan fingerprint density at radius 1 is 1.12 bits per heavy atom. The molecule has 0 aliphatic carbocycles. The van der Waals surface area contributed by atoms with Gasteiger partial charge in [0.15, 0.2) is 0 Å². The van der Waals surface area contributed by atoms with E-state index in [0.29, 0.717) is 37.2 Å². The summed E-state index contributed by atoms with van der Waals surface area (Å²) >= 11 is 0. The molecule has 1 aromatic carbocycles. The molecule has 2 fully saturated rings. The molecule has 9 nitrogen and oxygen atoms in total. The number of nitrogens with two attached hydrogens (primary N) is 1. The van der Waals surface area contributed by atoms with Gasteiger partial charge in [0.2, 0.25) is 0 Å². The van der Waals surface area contributed by atoms with Crippen molar-refractivity contribution in [3.05, 3.63) is 35.5 Å². The highest BCUT2D eigenvalue weighted by Gasteiger charge is 2.16. The Morgan fingerprint density at radius 2 is 1.94 bits per heavy atom. The van der Waals surface area contributed by atoms with Crippen LogP contribution >= 0.6 is 0 Å². The second kappa shape index (κ2) is 11.1. The van der Waals surface area contributed by atoms with E-state index in [1.54, 1.807) is 6.21 Å². The molecule has 0 amide bonds. The lowest BCUT2D eigenvalue weighted by atomic mass is 10.1. The van der Waals surface area contributed by atoms with Crippen LogP contribution in [0.4, 0.5) is 17.2 Å². The van der Waals surface area contributed by atoms with Gasteiger partial charge in [-0.3, -0.25) is 10.3 Å². The molecule has 32 heavy (non-hydrogen) atoms. The van der Waals surface area contributed by atoms with E-state index in [1.807, 2.05) is 31.2 Å². The van der Waals surface area contributed by atoms with Crippen molar-refractivity contribution >= 4 is 23.4 Å². The van der Waals surface area contributed by atoms with Gasteiger partial charge in [-0.05, 0) is 50.6 Å². The van der Waals surface area contributed by atoms with Gasteiger partial charge in [0, 0.05) is 25.7 Å². The fourth-order valence-corrected chi connectivity index (χ4v) is 3.90. The molecule has 0 radical (unpaired) electrons. The van der Waals surface area contributed by atoms with Crippen molar-refractivity contribution in [3.8, 4) is 6.01 Å². The van der Waals surface area contributed by atoms with Crippen molar-refractivity contribution in [2.45, 2.75) is 26.2 Å². The highest BCUT2D eigenvalue weighted by Crippen LogP contribution is 2.20. The summed E-state index contributed by atoms with van der Waals surface area (Å²) in [7, 11) is 0. The van der Waals surface area contributed by atoms with E-state index >= 15 is 0 Å². The van der Waals surface area contributed by atoms with Crippen LogP contribution in [0.5, 0.6) is 6.01 Å². The Bertz CT molecular complexity index is 909. The van der Waals surface area contributed by atoms with Crippen LogP contribution in [0.15, 0.2) is 29.4 Å². The van der Waals surface area contributed by atoms with Crippen molar-refractivity contribution in [3.63, 3.8) is 0 Å². The first-order valence-corrected chi connectivity index (χ1v) is 11.4. The van der Waals surface area contributed by atoms with E-state index in [4.69, 9.17) is 15.2 Å². The molecule has 0 spiro atoms. The smallest absolute Gasteiger partial charge is 0.319 e. The van der Waals surface area contributed by atoms with Crippen LogP contribution in [0.3, 0.4) is 0 Å². The first-order valence-electron chi connectivity index (χ1n) is 11.4.